The van der Waals surface area contributed by atoms with Crippen molar-refractivity contribution in [2.75, 3.05) is 20.1 Å². The molecule has 0 N–H and O–H groups in total. The molecule has 1 aliphatic heterocycles. The fourth-order valence-corrected chi connectivity index (χ4v) is 3.63. The maximum Gasteiger partial charge on any atom is 0.253 e. The van der Waals surface area contributed by atoms with Crippen LogP contribution < -0.4 is 0 Å². The maximum atomic E-state index is 12.6. The maximum absolute atomic E-state index is 12.6. The van der Waals surface area contributed by atoms with E-state index >= 15 is 0 Å². The van der Waals surface area contributed by atoms with Crippen molar-refractivity contribution in [3.05, 3.63) is 47.9 Å². The summed E-state index contributed by atoms with van der Waals surface area (Å²) in [5.41, 5.74) is 0.696. The third-order valence-electron chi connectivity index (χ3n) is 4.22. The van der Waals surface area contributed by atoms with Crippen LogP contribution in [0.5, 0.6) is 0 Å². The Bertz CT molecular complexity index is 737. The summed E-state index contributed by atoms with van der Waals surface area (Å²) in [5, 5.41) is 3.12. The van der Waals surface area contributed by atoms with Crippen molar-refractivity contribution in [1.82, 2.24) is 9.80 Å². The summed E-state index contributed by atoms with van der Waals surface area (Å²) < 4.78 is 1.18. The molecule has 4 nitrogen and oxygen atoms in total. The number of rotatable bonds is 3. The second kappa shape index (κ2) is 5.93. The van der Waals surface area contributed by atoms with Crippen molar-refractivity contribution in [3.63, 3.8) is 0 Å². The Kier molecular flexibility index (Phi) is 3.98. The zero-order valence-corrected chi connectivity index (χ0v) is 13.3. The van der Waals surface area contributed by atoms with Crippen LogP contribution in [0.3, 0.4) is 0 Å². The molecule has 1 aliphatic rings. The molecule has 0 spiro atoms. The van der Waals surface area contributed by atoms with E-state index < -0.39 is 0 Å². The van der Waals surface area contributed by atoms with Gasteiger partial charge in [-0.25, -0.2) is 0 Å². The minimum absolute atomic E-state index is 0.00556. The predicted molar refractivity (Wildman–Crippen MR) is 89.1 cm³/mol. The molecule has 1 aromatic carbocycles. The molecule has 3 rings (SSSR count). The van der Waals surface area contributed by atoms with Crippen LogP contribution in [0.15, 0.2) is 42.3 Å². The molecule has 0 bridgehead atoms. The fourth-order valence-electron chi connectivity index (χ4n) is 2.86. The van der Waals surface area contributed by atoms with Gasteiger partial charge in [0.25, 0.3) is 5.91 Å². The standard InChI is InChI=1S/C17H18N2O2S/c1-3-16(20)19-8-6-14(11-19)18(2)17(21)13-4-5-15-12(10-13)7-9-22-15/h3-5,7,9-10,14H,1,6,8,11H2,2H3/t14-/m0/s1. The summed E-state index contributed by atoms with van der Waals surface area (Å²) >= 11 is 1.67. The highest BCUT2D eigenvalue weighted by atomic mass is 32.1. The van der Waals surface area contributed by atoms with Crippen LogP contribution in [0.25, 0.3) is 10.1 Å². The first-order valence-corrected chi connectivity index (χ1v) is 8.14. The van der Waals surface area contributed by atoms with Gasteiger partial charge in [-0.2, -0.15) is 0 Å². The van der Waals surface area contributed by atoms with E-state index in [9.17, 15) is 9.59 Å². The predicted octanol–water partition coefficient (Wildman–Crippen LogP) is 2.76. The number of carbonyl (C=O) groups is 2. The summed E-state index contributed by atoms with van der Waals surface area (Å²) in [5.74, 6) is -0.0611. The van der Waals surface area contributed by atoms with Gasteiger partial charge in [-0.1, -0.05) is 6.58 Å². The number of nitrogens with zero attached hydrogens (tertiary/aromatic N) is 2. The average Bonchev–Trinajstić information content (AvgIpc) is 3.20. The molecule has 0 radical (unpaired) electrons. The van der Waals surface area contributed by atoms with Gasteiger partial charge in [-0.15, -0.1) is 11.3 Å². The Hall–Kier alpha value is -2.14. The highest BCUT2D eigenvalue weighted by Crippen LogP contribution is 2.23. The third kappa shape index (κ3) is 2.64. The Morgan fingerprint density at radius 2 is 2.23 bits per heavy atom. The molecule has 2 amide bonds. The zero-order valence-electron chi connectivity index (χ0n) is 12.5. The Morgan fingerprint density at radius 1 is 1.41 bits per heavy atom. The van der Waals surface area contributed by atoms with Gasteiger partial charge >= 0.3 is 0 Å². The second-order valence-corrected chi connectivity index (χ2v) is 6.47. The number of amides is 2. The smallest absolute Gasteiger partial charge is 0.253 e. The summed E-state index contributed by atoms with van der Waals surface area (Å²) in [6.45, 7) is 4.77. The van der Waals surface area contributed by atoms with Crippen molar-refractivity contribution in [2.45, 2.75) is 12.5 Å². The van der Waals surface area contributed by atoms with Crippen LogP contribution in [0, 0.1) is 0 Å². The highest BCUT2D eigenvalue weighted by Gasteiger charge is 2.30. The molecule has 0 saturated carbocycles. The van der Waals surface area contributed by atoms with Crippen LogP contribution in [0.1, 0.15) is 16.8 Å². The highest BCUT2D eigenvalue weighted by molar-refractivity contribution is 7.17. The molecule has 114 valence electrons. The molecule has 5 heteroatoms. The van der Waals surface area contributed by atoms with E-state index in [-0.39, 0.29) is 17.9 Å². The summed E-state index contributed by atoms with van der Waals surface area (Å²) in [6, 6.07) is 7.89. The molecule has 1 atom stereocenters. The molecule has 1 aromatic heterocycles. The molecule has 0 unspecified atom stereocenters. The lowest BCUT2D eigenvalue weighted by Crippen LogP contribution is -2.39. The van der Waals surface area contributed by atoms with Crippen LogP contribution in [0.4, 0.5) is 0 Å². The molecule has 22 heavy (non-hydrogen) atoms. The first-order valence-electron chi connectivity index (χ1n) is 7.26. The minimum Gasteiger partial charge on any atom is -0.337 e. The lowest BCUT2D eigenvalue weighted by Gasteiger charge is -2.25. The van der Waals surface area contributed by atoms with Crippen molar-refractivity contribution in [3.8, 4) is 0 Å². The van der Waals surface area contributed by atoms with Crippen LogP contribution in [-0.4, -0.2) is 47.8 Å². The zero-order chi connectivity index (χ0) is 15.7. The van der Waals surface area contributed by atoms with Gasteiger partial charge in [0.15, 0.2) is 0 Å². The van der Waals surface area contributed by atoms with Gasteiger partial charge < -0.3 is 9.80 Å². The topological polar surface area (TPSA) is 40.6 Å². The lowest BCUT2D eigenvalue weighted by atomic mass is 10.1. The Balaban J connectivity index is 1.74. The van der Waals surface area contributed by atoms with Crippen LogP contribution >= 0.6 is 11.3 Å². The quantitative estimate of drug-likeness (QED) is 0.817. The minimum atomic E-state index is -0.0666. The van der Waals surface area contributed by atoms with E-state index in [0.717, 1.165) is 11.8 Å². The number of thiophene rings is 1. The largest absolute Gasteiger partial charge is 0.337 e. The van der Waals surface area contributed by atoms with E-state index in [1.807, 2.05) is 36.7 Å². The number of benzene rings is 1. The van der Waals surface area contributed by atoms with Crippen molar-refractivity contribution >= 4 is 33.2 Å². The SMILES string of the molecule is C=CC(=O)N1CC[C@H](N(C)C(=O)c2ccc3sccc3c2)C1. The average molecular weight is 314 g/mol. The van der Waals surface area contributed by atoms with E-state index in [4.69, 9.17) is 0 Å². The molecule has 2 aromatic rings. The molecular weight excluding hydrogens is 296 g/mol. The monoisotopic (exact) mass is 314 g/mol. The Morgan fingerprint density at radius 3 is 3.00 bits per heavy atom. The van der Waals surface area contributed by atoms with Crippen molar-refractivity contribution in [1.29, 1.82) is 0 Å². The molecular formula is C17H18N2O2S. The first-order chi connectivity index (χ1) is 10.6. The fraction of sp³-hybridized carbons (Fsp3) is 0.294. The van der Waals surface area contributed by atoms with E-state index in [1.165, 1.54) is 10.8 Å². The van der Waals surface area contributed by atoms with Gasteiger partial charge in [-0.3, -0.25) is 9.59 Å². The van der Waals surface area contributed by atoms with Gasteiger partial charge in [0.2, 0.25) is 5.91 Å². The van der Waals surface area contributed by atoms with Crippen molar-refractivity contribution < 1.29 is 9.59 Å². The third-order valence-corrected chi connectivity index (χ3v) is 5.11. The number of carbonyl (C=O) groups excluding carboxylic acids is 2. The number of fused-ring (bicyclic) bond motifs is 1. The van der Waals surface area contributed by atoms with Gasteiger partial charge in [0, 0.05) is 30.4 Å². The van der Waals surface area contributed by atoms with Gasteiger partial charge in [0.05, 0.1) is 6.04 Å². The number of hydrogen-bond donors (Lipinski definition) is 0. The summed E-state index contributed by atoms with van der Waals surface area (Å²) in [6.07, 6.45) is 2.14. The number of likely N-dealkylation sites (N-methyl/N-ethyl adjacent to an activating group) is 1. The van der Waals surface area contributed by atoms with E-state index in [0.29, 0.717) is 18.7 Å². The van der Waals surface area contributed by atoms with E-state index in [2.05, 4.69) is 6.58 Å². The molecule has 0 aliphatic carbocycles. The van der Waals surface area contributed by atoms with E-state index in [1.54, 1.807) is 21.1 Å². The van der Waals surface area contributed by atoms with Gasteiger partial charge in [0.1, 0.15) is 0 Å². The number of likely N-dealkylation sites (tertiary alicyclic amines) is 1. The summed E-state index contributed by atoms with van der Waals surface area (Å²) in [7, 11) is 1.81. The molecule has 1 saturated heterocycles. The lowest BCUT2D eigenvalue weighted by molar-refractivity contribution is -0.125. The normalized spacial score (nSPS) is 17.7. The Labute approximate surface area is 133 Å². The van der Waals surface area contributed by atoms with Crippen molar-refractivity contribution in [2.24, 2.45) is 0 Å². The van der Waals surface area contributed by atoms with Crippen LogP contribution in [0.2, 0.25) is 0 Å². The summed E-state index contributed by atoms with van der Waals surface area (Å²) in [4.78, 5) is 27.8. The number of hydrogen-bond acceptors (Lipinski definition) is 3. The van der Waals surface area contributed by atoms with Gasteiger partial charge in [-0.05, 0) is 47.5 Å². The molecule has 2 heterocycles. The van der Waals surface area contributed by atoms with Crippen LogP contribution in [-0.2, 0) is 4.79 Å². The first kappa shape index (κ1) is 14.8. The second-order valence-electron chi connectivity index (χ2n) is 5.52. The molecule has 1 fully saturated rings.